The van der Waals surface area contributed by atoms with Crippen molar-refractivity contribution in [3.8, 4) is 0 Å². The molecule has 0 aliphatic rings. The van der Waals surface area contributed by atoms with Crippen molar-refractivity contribution in [3.05, 3.63) is 0 Å². The summed E-state index contributed by atoms with van der Waals surface area (Å²) in [6.45, 7) is 2.31. The van der Waals surface area contributed by atoms with E-state index >= 15 is 0 Å². The molecule has 0 saturated carbocycles. The zero-order valence-corrected chi connectivity index (χ0v) is 19.4. The quantitative estimate of drug-likeness (QED) is 0.124. The average Bonchev–Trinajstić information content (AvgIpc) is 2.65. The van der Waals surface area contributed by atoms with Crippen LogP contribution in [0.3, 0.4) is 0 Å². The van der Waals surface area contributed by atoms with E-state index in [0.717, 1.165) is 17.7 Å². The molecule has 0 atom stereocenters. The predicted molar refractivity (Wildman–Crippen MR) is 123 cm³/mol. The average molecular weight is 408 g/mol. The summed E-state index contributed by atoms with van der Waals surface area (Å²) in [6, 6.07) is 0. The van der Waals surface area contributed by atoms with Crippen molar-refractivity contribution in [2.24, 2.45) is 5.92 Å². The maximum absolute atomic E-state index is 5.75. The lowest BCUT2D eigenvalue weighted by Gasteiger charge is -2.17. The Bertz CT molecular complexity index is 224. The summed E-state index contributed by atoms with van der Waals surface area (Å²) in [5.74, 6) is 2.68. The number of alkyl halides is 2. The molecule has 0 aliphatic heterocycles. The zero-order valence-electron chi connectivity index (χ0n) is 17.9. The van der Waals surface area contributed by atoms with Crippen LogP contribution in [0.15, 0.2) is 0 Å². The molecule has 0 aromatic heterocycles. The molecule has 26 heavy (non-hydrogen) atoms. The molecule has 0 N–H and O–H groups in total. The molecule has 0 fully saturated rings. The minimum atomic E-state index is 0.839. The van der Waals surface area contributed by atoms with Crippen LogP contribution >= 0.6 is 23.2 Å². The molecule has 0 heterocycles. The van der Waals surface area contributed by atoms with Gasteiger partial charge in [0, 0.05) is 11.8 Å². The molecule has 0 rings (SSSR count). The Morgan fingerprint density at radius 3 is 1.08 bits per heavy atom. The molecule has 0 spiro atoms. The van der Waals surface area contributed by atoms with Crippen molar-refractivity contribution in [2.45, 2.75) is 135 Å². The van der Waals surface area contributed by atoms with E-state index in [9.17, 15) is 0 Å². The minimum absolute atomic E-state index is 0.839. The number of hydrogen-bond acceptors (Lipinski definition) is 0. The van der Waals surface area contributed by atoms with E-state index in [4.69, 9.17) is 23.2 Å². The first-order chi connectivity index (χ1) is 12.8. The van der Waals surface area contributed by atoms with Gasteiger partial charge >= 0.3 is 0 Å². The normalized spacial score (nSPS) is 11.5. The van der Waals surface area contributed by atoms with Gasteiger partial charge in [0.15, 0.2) is 0 Å². The molecule has 0 saturated heterocycles. The van der Waals surface area contributed by atoms with Gasteiger partial charge in [-0.15, -0.1) is 23.2 Å². The Kier molecular flexibility index (Phi) is 24.1. The van der Waals surface area contributed by atoms with Gasteiger partial charge in [0.1, 0.15) is 0 Å². The summed E-state index contributed by atoms with van der Waals surface area (Å²) in [6.07, 6.45) is 28.1. The highest BCUT2D eigenvalue weighted by atomic mass is 35.5. The van der Waals surface area contributed by atoms with E-state index in [2.05, 4.69) is 6.92 Å². The lowest BCUT2D eigenvalue weighted by molar-refractivity contribution is 0.366. The highest BCUT2D eigenvalue weighted by Gasteiger charge is 2.08. The molecular formula is C24H48Cl2. The fourth-order valence-corrected chi connectivity index (χ4v) is 4.32. The van der Waals surface area contributed by atoms with Crippen LogP contribution in [0.4, 0.5) is 0 Å². The van der Waals surface area contributed by atoms with Gasteiger partial charge in [0.25, 0.3) is 0 Å². The van der Waals surface area contributed by atoms with Crippen LogP contribution in [-0.4, -0.2) is 11.8 Å². The predicted octanol–water partition coefficient (Wildman–Crippen LogP) is 9.90. The van der Waals surface area contributed by atoms with Crippen molar-refractivity contribution in [3.63, 3.8) is 0 Å². The van der Waals surface area contributed by atoms with Gasteiger partial charge in [-0.2, -0.15) is 0 Å². The molecule has 0 amide bonds. The van der Waals surface area contributed by atoms with Gasteiger partial charge in [-0.1, -0.05) is 122 Å². The third kappa shape index (κ3) is 20.9. The topological polar surface area (TPSA) is 0 Å². The van der Waals surface area contributed by atoms with Crippen LogP contribution in [0.2, 0.25) is 0 Å². The first-order valence-corrected chi connectivity index (χ1v) is 13.0. The lowest BCUT2D eigenvalue weighted by Crippen LogP contribution is -2.01. The second-order valence-corrected chi connectivity index (χ2v) is 9.02. The molecule has 0 aromatic carbocycles. The summed E-state index contributed by atoms with van der Waals surface area (Å²) in [4.78, 5) is 0. The second kappa shape index (κ2) is 23.6. The number of unbranched alkanes of at least 4 members (excludes halogenated alkanes) is 14. The summed E-state index contributed by atoms with van der Waals surface area (Å²) < 4.78 is 0. The fraction of sp³-hybridized carbons (Fsp3) is 1.00. The smallest absolute Gasteiger partial charge is 0.0223 e. The molecular weight excluding hydrogens is 359 g/mol. The van der Waals surface area contributed by atoms with Crippen molar-refractivity contribution >= 4 is 23.2 Å². The van der Waals surface area contributed by atoms with Crippen molar-refractivity contribution in [1.29, 1.82) is 0 Å². The highest BCUT2D eigenvalue weighted by Crippen LogP contribution is 2.24. The van der Waals surface area contributed by atoms with Gasteiger partial charge in [0.2, 0.25) is 0 Å². The lowest BCUT2D eigenvalue weighted by atomic mass is 9.89. The van der Waals surface area contributed by atoms with E-state index in [-0.39, 0.29) is 0 Å². The summed E-state index contributed by atoms with van der Waals surface area (Å²) in [5.41, 5.74) is 0. The summed E-state index contributed by atoms with van der Waals surface area (Å²) >= 11 is 11.5. The molecule has 0 aliphatic carbocycles. The molecule has 2 heteroatoms. The van der Waals surface area contributed by atoms with Crippen molar-refractivity contribution < 1.29 is 0 Å². The summed E-state index contributed by atoms with van der Waals surface area (Å²) in [5, 5.41) is 0. The Hall–Kier alpha value is 0.580. The minimum Gasteiger partial charge on any atom is -0.127 e. The van der Waals surface area contributed by atoms with Crippen LogP contribution in [-0.2, 0) is 0 Å². The maximum atomic E-state index is 5.75. The van der Waals surface area contributed by atoms with Crippen molar-refractivity contribution in [1.82, 2.24) is 0 Å². The van der Waals surface area contributed by atoms with Crippen LogP contribution < -0.4 is 0 Å². The first-order valence-electron chi connectivity index (χ1n) is 12.0. The van der Waals surface area contributed by atoms with E-state index in [1.54, 1.807) is 0 Å². The van der Waals surface area contributed by atoms with Gasteiger partial charge in [-0.3, -0.25) is 0 Å². The Morgan fingerprint density at radius 2 is 0.731 bits per heavy atom. The number of hydrogen-bond donors (Lipinski definition) is 0. The van der Waals surface area contributed by atoms with Crippen LogP contribution in [0, 0.1) is 5.92 Å². The zero-order chi connectivity index (χ0) is 19.1. The van der Waals surface area contributed by atoms with Gasteiger partial charge in [-0.05, 0) is 18.8 Å². The van der Waals surface area contributed by atoms with Crippen LogP contribution in [0.25, 0.3) is 0 Å². The number of halogens is 2. The van der Waals surface area contributed by atoms with E-state index in [1.807, 2.05) is 0 Å². The van der Waals surface area contributed by atoms with E-state index < -0.39 is 0 Å². The van der Waals surface area contributed by atoms with Gasteiger partial charge in [-0.25, -0.2) is 0 Å². The van der Waals surface area contributed by atoms with E-state index in [1.165, 1.54) is 128 Å². The van der Waals surface area contributed by atoms with Crippen molar-refractivity contribution in [2.75, 3.05) is 11.8 Å². The molecule has 0 aromatic rings. The third-order valence-electron chi connectivity index (χ3n) is 5.71. The molecule has 158 valence electrons. The fourth-order valence-electron chi connectivity index (χ4n) is 3.94. The molecule has 0 radical (unpaired) electrons. The van der Waals surface area contributed by atoms with Crippen LogP contribution in [0.1, 0.15) is 135 Å². The van der Waals surface area contributed by atoms with E-state index in [0.29, 0.717) is 0 Å². The van der Waals surface area contributed by atoms with Gasteiger partial charge < -0.3 is 0 Å². The third-order valence-corrected chi connectivity index (χ3v) is 6.24. The summed E-state index contributed by atoms with van der Waals surface area (Å²) in [7, 11) is 0. The largest absolute Gasteiger partial charge is 0.127 e. The molecule has 0 unspecified atom stereocenters. The standard InChI is InChI=1S/C24H48Cl2/c1-2-3-4-9-14-19-24(20-15-10-5-7-12-17-22-25)21-16-11-6-8-13-18-23-26/h24H,2-23H2,1H3. The number of rotatable bonds is 22. The Morgan fingerprint density at radius 1 is 0.423 bits per heavy atom. The Labute approximate surface area is 176 Å². The highest BCUT2D eigenvalue weighted by molar-refractivity contribution is 6.18. The first kappa shape index (κ1) is 26.6. The Balaban J connectivity index is 3.75. The maximum Gasteiger partial charge on any atom is 0.0223 e. The SMILES string of the molecule is CCCCCCCC(CCCCCCCCCl)CCCCCCCCCl. The second-order valence-electron chi connectivity index (χ2n) is 8.27. The monoisotopic (exact) mass is 406 g/mol. The molecule has 0 bridgehead atoms. The molecule has 0 nitrogen and oxygen atoms in total. The van der Waals surface area contributed by atoms with Crippen LogP contribution in [0.5, 0.6) is 0 Å². The van der Waals surface area contributed by atoms with Gasteiger partial charge in [0.05, 0.1) is 0 Å².